The summed E-state index contributed by atoms with van der Waals surface area (Å²) < 4.78 is 0. The van der Waals surface area contributed by atoms with E-state index in [1.807, 2.05) is 11.8 Å². The van der Waals surface area contributed by atoms with Crippen molar-refractivity contribution in [2.75, 3.05) is 13.1 Å². The van der Waals surface area contributed by atoms with Gasteiger partial charge in [-0.25, -0.2) is 0 Å². The van der Waals surface area contributed by atoms with Crippen LogP contribution in [0.1, 0.15) is 46.0 Å². The molecule has 2 nitrogen and oxygen atoms in total. The fraction of sp³-hybridized carbons (Fsp3) is 0.923. The van der Waals surface area contributed by atoms with Gasteiger partial charge in [-0.2, -0.15) is 0 Å². The lowest BCUT2D eigenvalue weighted by Gasteiger charge is -2.12. The molecule has 2 aliphatic rings. The average Bonchev–Trinajstić information content (AvgIpc) is 2.85. The monoisotopic (exact) mass is 240 g/mol. The van der Waals surface area contributed by atoms with Crippen LogP contribution in [0.2, 0.25) is 0 Å². The van der Waals surface area contributed by atoms with Crippen LogP contribution in [0.15, 0.2) is 4.99 Å². The van der Waals surface area contributed by atoms with Crippen LogP contribution in [-0.2, 0) is 0 Å². The number of rotatable bonds is 4. The van der Waals surface area contributed by atoms with Gasteiger partial charge in [0.25, 0.3) is 0 Å². The van der Waals surface area contributed by atoms with Crippen molar-refractivity contribution in [2.45, 2.75) is 51.2 Å². The second kappa shape index (κ2) is 5.95. The van der Waals surface area contributed by atoms with Crippen molar-refractivity contribution in [1.82, 2.24) is 5.32 Å². The third-order valence-electron chi connectivity index (χ3n) is 3.67. The van der Waals surface area contributed by atoms with E-state index in [1.54, 1.807) is 0 Å². The summed E-state index contributed by atoms with van der Waals surface area (Å²) in [6, 6.07) is 0. The summed E-state index contributed by atoms with van der Waals surface area (Å²) in [6.07, 6.45) is 6.82. The predicted octanol–water partition coefficient (Wildman–Crippen LogP) is 3.28. The Bertz CT molecular complexity index is 252. The van der Waals surface area contributed by atoms with Gasteiger partial charge < -0.3 is 5.32 Å². The highest BCUT2D eigenvalue weighted by atomic mass is 32.2. The van der Waals surface area contributed by atoms with Crippen LogP contribution in [0, 0.1) is 11.8 Å². The number of nitrogens with one attached hydrogen (secondary N) is 1. The van der Waals surface area contributed by atoms with Crippen molar-refractivity contribution in [3.63, 3.8) is 0 Å². The van der Waals surface area contributed by atoms with E-state index >= 15 is 0 Å². The highest BCUT2D eigenvalue weighted by Crippen LogP contribution is 2.30. The second-order valence-electron chi connectivity index (χ2n) is 5.34. The van der Waals surface area contributed by atoms with Crippen LogP contribution in [0.25, 0.3) is 0 Å². The third-order valence-corrected chi connectivity index (χ3v) is 4.89. The molecule has 3 atom stereocenters. The topological polar surface area (TPSA) is 24.4 Å². The molecule has 16 heavy (non-hydrogen) atoms. The fourth-order valence-corrected chi connectivity index (χ4v) is 3.86. The van der Waals surface area contributed by atoms with Gasteiger partial charge in [-0.3, -0.25) is 4.99 Å². The maximum atomic E-state index is 4.58. The van der Waals surface area contributed by atoms with Crippen LogP contribution < -0.4 is 5.32 Å². The molecule has 0 bridgehead atoms. The molecule has 0 aromatic carbocycles. The zero-order chi connectivity index (χ0) is 11.4. The minimum Gasteiger partial charge on any atom is -0.365 e. The van der Waals surface area contributed by atoms with E-state index in [-0.39, 0.29) is 0 Å². The minimum atomic E-state index is 0.745. The van der Waals surface area contributed by atoms with Gasteiger partial charge in [0.15, 0.2) is 5.17 Å². The third kappa shape index (κ3) is 3.41. The van der Waals surface area contributed by atoms with Crippen LogP contribution in [0.4, 0.5) is 0 Å². The first-order valence-electron chi connectivity index (χ1n) is 6.73. The van der Waals surface area contributed by atoms with E-state index in [0.717, 1.165) is 30.2 Å². The Morgan fingerprint density at radius 3 is 3.00 bits per heavy atom. The molecule has 3 unspecified atom stereocenters. The Morgan fingerprint density at radius 1 is 1.44 bits per heavy atom. The van der Waals surface area contributed by atoms with Crippen LogP contribution in [-0.4, -0.2) is 23.5 Å². The molecule has 1 aliphatic carbocycles. The number of aliphatic imine (C=N–C) groups is 1. The van der Waals surface area contributed by atoms with Crippen LogP contribution >= 0.6 is 11.8 Å². The van der Waals surface area contributed by atoms with Gasteiger partial charge in [-0.05, 0) is 31.1 Å². The van der Waals surface area contributed by atoms with Gasteiger partial charge in [0, 0.05) is 11.8 Å². The fourth-order valence-electron chi connectivity index (χ4n) is 2.73. The molecule has 92 valence electrons. The number of hydrogen-bond acceptors (Lipinski definition) is 3. The Hall–Kier alpha value is -0.180. The normalized spacial score (nSPS) is 34.1. The zero-order valence-electron chi connectivity index (χ0n) is 10.5. The molecular formula is C13H24N2S. The molecule has 1 saturated carbocycles. The zero-order valence-corrected chi connectivity index (χ0v) is 11.4. The molecular weight excluding hydrogens is 216 g/mol. The molecule has 1 fully saturated rings. The first-order valence-corrected chi connectivity index (χ1v) is 7.61. The number of amidine groups is 1. The summed E-state index contributed by atoms with van der Waals surface area (Å²) >= 11 is 1.96. The molecule has 0 aromatic rings. The minimum absolute atomic E-state index is 0.745. The van der Waals surface area contributed by atoms with Gasteiger partial charge in [0.1, 0.15) is 0 Å². The SMILES string of the molecule is CCCC1CN=C(NCC2CCC(C)C2)S1. The molecule has 0 amide bonds. The van der Waals surface area contributed by atoms with E-state index in [2.05, 4.69) is 24.2 Å². The molecule has 1 N–H and O–H groups in total. The number of thioether (sulfide) groups is 1. The molecule has 0 saturated heterocycles. The van der Waals surface area contributed by atoms with Crippen LogP contribution in [0.3, 0.4) is 0 Å². The Labute approximate surface area is 104 Å². The summed E-state index contributed by atoms with van der Waals surface area (Å²) in [6.45, 7) is 6.81. The van der Waals surface area contributed by atoms with Crippen molar-refractivity contribution in [3.8, 4) is 0 Å². The lowest BCUT2D eigenvalue weighted by Crippen LogP contribution is -2.25. The Balaban J connectivity index is 1.64. The van der Waals surface area contributed by atoms with Gasteiger partial charge >= 0.3 is 0 Å². The molecule has 2 rings (SSSR count). The summed E-state index contributed by atoms with van der Waals surface area (Å²) in [5.41, 5.74) is 0. The van der Waals surface area contributed by atoms with Gasteiger partial charge in [0.05, 0.1) is 6.54 Å². The lowest BCUT2D eigenvalue weighted by atomic mass is 10.1. The van der Waals surface area contributed by atoms with E-state index in [0.29, 0.717) is 0 Å². The molecule has 0 radical (unpaired) electrons. The Morgan fingerprint density at radius 2 is 2.31 bits per heavy atom. The average molecular weight is 240 g/mol. The maximum absolute atomic E-state index is 4.58. The van der Waals surface area contributed by atoms with Crippen molar-refractivity contribution in [1.29, 1.82) is 0 Å². The van der Waals surface area contributed by atoms with E-state index in [4.69, 9.17) is 0 Å². The summed E-state index contributed by atoms with van der Waals surface area (Å²) in [5, 5.41) is 5.50. The predicted molar refractivity (Wildman–Crippen MR) is 73.1 cm³/mol. The number of nitrogens with zero attached hydrogens (tertiary/aromatic N) is 1. The van der Waals surface area contributed by atoms with Crippen molar-refractivity contribution >= 4 is 16.9 Å². The smallest absolute Gasteiger partial charge is 0.156 e. The van der Waals surface area contributed by atoms with Gasteiger partial charge in [-0.15, -0.1) is 0 Å². The van der Waals surface area contributed by atoms with E-state index < -0.39 is 0 Å². The second-order valence-corrected chi connectivity index (χ2v) is 6.63. The van der Waals surface area contributed by atoms with Crippen molar-refractivity contribution in [3.05, 3.63) is 0 Å². The van der Waals surface area contributed by atoms with E-state index in [1.165, 1.54) is 37.3 Å². The summed E-state index contributed by atoms with van der Waals surface area (Å²) in [4.78, 5) is 4.58. The van der Waals surface area contributed by atoms with Crippen molar-refractivity contribution < 1.29 is 0 Å². The molecule has 1 heterocycles. The molecule has 1 aliphatic heterocycles. The highest BCUT2D eigenvalue weighted by molar-refractivity contribution is 8.14. The maximum Gasteiger partial charge on any atom is 0.156 e. The summed E-state index contributed by atoms with van der Waals surface area (Å²) in [5.74, 6) is 1.83. The molecule has 0 spiro atoms. The van der Waals surface area contributed by atoms with E-state index in [9.17, 15) is 0 Å². The first kappa shape index (κ1) is 12.3. The standard InChI is InChI=1S/C13H24N2S/c1-3-4-12-9-15-13(16-12)14-8-11-6-5-10(2)7-11/h10-12H,3-9H2,1-2H3,(H,14,15). The van der Waals surface area contributed by atoms with Gasteiger partial charge in [-0.1, -0.05) is 38.5 Å². The largest absolute Gasteiger partial charge is 0.365 e. The Kier molecular flexibility index (Phi) is 4.56. The van der Waals surface area contributed by atoms with Crippen molar-refractivity contribution in [2.24, 2.45) is 16.8 Å². The summed E-state index contributed by atoms with van der Waals surface area (Å²) in [7, 11) is 0. The quantitative estimate of drug-likeness (QED) is 0.815. The molecule has 3 heteroatoms. The van der Waals surface area contributed by atoms with Gasteiger partial charge in [0.2, 0.25) is 0 Å². The molecule has 0 aromatic heterocycles. The lowest BCUT2D eigenvalue weighted by molar-refractivity contribution is 0.508. The van der Waals surface area contributed by atoms with Crippen LogP contribution in [0.5, 0.6) is 0 Å². The highest BCUT2D eigenvalue weighted by Gasteiger charge is 2.23. The number of hydrogen-bond donors (Lipinski definition) is 1. The first-order chi connectivity index (χ1) is 7.78.